The largest absolute Gasteiger partial charge is 0.396 e. The van der Waals surface area contributed by atoms with Gasteiger partial charge in [0.1, 0.15) is 17.2 Å². The van der Waals surface area contributed by atoms with Crippen LogP contribution in [0.5, 0.6) is 0 Å². The fourth-order valence-corrected chi connectivity index (χ4v) is 3.79. The molecule has 1 aromatic heterocycles. The quantitative estimate of drug-likeness (QED) is 0.741. The molecule has 0 saturated heterocycles. The van der Waals surface area contributed by atoms with Crippen molar-refractivity contribution in [3.8, 4) is 0 Å². The van der Waals surface area contributed by atoms with Crippen molar-refractivity contribution in [3.05, 3.63) is 40.3 Å². The van der Waals surface area contributed by atoms with Crippen molar-refractivity contribution in [2.45, 2.75) is 31.6 Å². The number of benzene rings is 1. The number of hydrogen-bond acceptors (Lipinski definition) is 4. The maximum atomic E-state index is 13.3. The van der Waals surface area contributed by atoms with Crippen LogP contribution in [0.4, 0.5) is 15.9 Å². The van der Waals surface area contributed by atoms with Crippen molar-refractivity contribution < 1.29 is 14.3 Å². The first-order valence-electron chi connectivity index (χ1n) is 8.60. The minimum Gasteiger partial charge on any atom is -0.396 e. The lowest BCUT2D eigenvalue weighted by atomic mass is 9.97. The van der Waals surface area contributed by atoms with Gasteiger partial charge in [0.2, 0.25) is 0 Å². The second-order valence-corrected chi connectivity index (χ2v) is 7.15. The molecule has 2 atom stereocenters. The zero-order chi connectivity index (χ0) is 18.8. The van der Waals surface area contributed by atoms with E-state index in [0.717, 1.165) is 25.7 Å². The van der Waals surface area contributed by atoms with Crippen molar-refractivity contribution in [1.29, 1.82) is 0 Å². The Bertz CT molecular complexity index is 824. The van der Waals surface area contributed by atoms with Crippen LogP contribution in [0.3, 0.4) is 0 Å². The van der Waals surface area contributed by atoms with Gasteiger partial charge in [-0.1, -0.05) is 11.6 Å². The highest BCUT2D eigenvalue weighted by molar-refractivity contribution is 6.31. The second kappa shape index (κ2) is 7.63. The van der Waals surface area contributed by atoms with Gasteiger partial charge in [0.25, 0.3) is 5.91 Å². The molecule has 0 spiro atoms. The lowest BCUT2D eigenvalue weighted by Gasteiger charge is -2.11. The van der Waals surface area contributed by atoms with E-state index in [1.165, 1.54) is 22.9 Å². The Morgan fingerprint density at radius 2 is 2.27 bits per heavy atom. The predicted molar refractivity (Wildman–Crippen MR) is 98.8 cm³/mol. The number of aromatic nitrogens is 2. The van der Waals surface area contributed by atoms with E-state index in [4.69, 9.17) is 22.4 Å². The number of carbonyl (C=O) groups excluding carboxylic acids is 1. The Kier molecular flexibility index (Phi) is 5.48. The molecule has 26 heavy (non-hydrogen) atoms. The van der Waals surface area contributed by atoms with Gasteiger partial charge in [-0.15, -0.1) is 0 Å². The van der Waals surface area contributed by atoms with Gasteiger partial charge in [0.05, 0.1) is 10.7 Å². The van der Waals surface area contributed by atoms with Gasteiger partial charge in [-0.2, -0.15) is 5.10 Å². The van der Waals surface area contributed by atoms with Gasteiger partial charge in [-0.05, 0) is 49.8 Å². The molecule has 6 nitrogen and oxygen atoms in total. The molecule has 1 aliphatic rings. The molecule has 140 valence electrons. The van der Waals surface area contributed by atoms with Gasteiger partial charge in [0, 0.05) is 25.3 Å². The first kappa shape index (κ1) is 18.7. The number of carbonyl (C=O) groups is 1. The molecule has 1 fully saturated rings. The molecule has 2 aromatic rings. The summed E-state index contributed by atoms with van der Waals surface area (Å²) in [4.78, 5) is 12.8. The summed E-state index contributed by atoms with van der Waals surface area (Å²) in [6.07, 6.45) is 3.54. The number of nitrogens with two attached hydrogens (primary N) is 1. The van der Waals surface area contributed by atoms with Crippen LogP contribution in [0.25, 0.3) is 0 Å². The Morgan fingerprint density at radius 3 is 2.96 bits per heavy atom. The Balaban J connectivity index is 1.85. The molecule has 2 unspecified atom stereocenters. The number of hydrogen-bond donors (Lipinski definition) is 3. The molecule has 3 rings (SSSR count). The monoisotopic (exact) mass is 380 g/mol. The van der Waals surface area contributed by atoms with Crippen molar-refractivity contribution in [2.75, 3.05) is 17.7 Å². The summed E-state index contributed by atoms with van der Waals surface area (Å²) in [7, 11) is 1.70. The fraction of sp³-hybridized carbons (Fsp3) is 0.444. The van der Waals surface area contributed by atoms with Crippen LogP contribution < -0.4 is 11.1 Å². The standard InChI is InChI=1S/C18H22ClFN4O2/c1-24-17(21)15(16(23-24)11-3-2-10(8-11)6-7-25)18(26)22-12-4-5-14(20)13(19)9-12/h4-5,9-11,25H,2-3,6-8,21H2,1H3,(H,22,26). The molecular formula is C18H22ClFN4O2. The van der Waals surface area contributed by atoms with Crippen LogP contribution in [0.1, 0.15) is 47.7 Å². The summed E-state index contributed by atoms with van der Waals surface area (Å²) < 4.78 is 14.8. The van der Waals surface area contributed by atoms with Crippen LogP contribution >= 0.6 is 11.6 Å². The minimum absolute atomic E-state index is 0.0650. The van der Waals surface area contributed by atoms with Gasteiger partial charge in [0.15, 0.2) is 0 Å². The molecule has 0 radical (unpaired) electrons. The fourth-order valence-electron chi connectivity index (χ4n) is 3.61. The molecule has 0 aliphatic heterocycles. The highest BCUT2D eigenvalue weighted by Crippen LogP contribution is 2.41. The molecular weight excluding hydrogens is 359 g/mol. The smallest absolute Gasteiger partial charge is 0.261 e. The van der Waals surface area contributed by atoms with Crippen LogP contribution in [-0.2, 0) is 7.05 Å². The number of halogens is 2. The summed E-state index contributed by atoms with van der Waals surface area (Å²) in [6.45, 7) is 0.167. The minimum atomic E-state index is -0.549. The topological polar surface area (TPSA) is 93.2 Å². The molecule has 1 saturated carbocycles. The number of rotatable bonds is 5. The predicted octanol–water partition coefficient (Wildman–Crippen LogP) is 3.31. The number of aryl methyl sites for hydroxylation is 1. The van der Waals surface area contributed by atoms with E-state index in [9.17, 15) is 9.18 Å². The number of nitrogens with one attached hydrogen (secondary N) is 1. The Hall–Kier alpha value is -2.12. The first-order valence-corrected chi connectivity index (χ1v) is 8.98. The summed E-state index contributed by atoms with van der Waals surface area (Å²) >= 11 is 5.77. The van der Waals surface area contributed by atoms with E-state index in [1.54, 1.807) is 7.05 Å². The molecule has 8 heteroatoms. The summed E-state index contributed by atoms with van der Waals surface area (Å²) in [5.41, 5.74) is 7.50. The van der Waals surface area contributed by atoms with Crippen molar-refractivity contribution >= 4 is 29.0 Å². The molecule has 1 aliphatic carbocycles. The highest BCUT2D eigenvalue weighted by Gasteiger charge is 2.32. The second-order valence-electron chi connectivity index (χ2n) is 6.74. The lowest BCUT2D eigenvalue weighted by molar-refractivity contribution is 0.102. The zero-order valence-corrected chi connectivity index (χ0v) is 15.3. The number of aliphatic hydroxyl groups is 1. The third-order valence-corrected chi connectivity index (χ3v) is 5.28. The normalized spacial score (nSPS) is 19.7. The SMILES string of the molecule is Cn1nc(C2CCC(CCO)C2)c(C(=O)Nc2ccc(F)c(Cl)c2)c1N. The van der Waals surface area contributed by atoms with E-state index < -0.39 is 5.82 Å². The lowest BCUT2D eigenvalue weighted by Crippen LogP contribution is -2.16. The van der Waals surface area contributed by atoms with E-state index in [1.807, 2.05) is 0 Å². The van der Waals surface area contributed by atoms with Crippen LogP contribution in [0.15, 0.2) is 18.2 Å². The third-order valence-electron chi connectivity index (χ3n) is 4.99. The summed E-state index contributed by atoms with van der Waals surface area (Å²) in [6, 6.07) is 3.99. The maximum Gasteiger partial charge on any atom is 0.261 e. The van der Waals surface area contributed by atoms with Gasteiger partial charge in [-0.25, -0.2) is 4.39 Å². The van der Waals surface area contributed by atoms with Crippen LogP contribution in [0, 0.1) is 11.7 Å². The van der Waals surface area contributed by atoms with Gasteiger partial charge < -0.3 is 16.2 Å². The Morgan fingerprint density at radius 1 is 1.50 bits per heavy atom. The Labute approximate surface area is 156 Å². The molecule has 1 aromatic carbocycles. The average Bonchev–Trinajstić information content (AvgIpc) is 3.17. The number of nitrogen functional groups attached to an aromatic ring is 1. The van der Waals surface area contributed by atoms with E-state index in [2.05, 4.69) is 10.4 Å². The van der Waals surface area contributed by atoms with Crippen molar-refractivity contribution in [1.82, 2.24) is 9.78 Å². The zero-order valence-electron chi connectivity index (χ0n) is 14.5. The van der Waals surface area contributed by atoms with E-state index in [-0.39, 0.29) is 29.3 Å². The number of nitrogens with zero attached hydrogens (tertiary/aromatic N) is 2. The van der Waals surface area contributed by atoms with E-state index >= 15 is 0 Å². The van der Waals surface area contributed by atoms with Gasteiger partial charge >= 0.3 is 0 Å². The number of anilines is 2. The van der Waals surface area contributed by atoms with Gasteiger partial charge in [-0.3, -0.25) is 9.48 Å². The van der Waals surface area contributed by atoms with E-state index in [0.29, 0.717) is 22.9 Å². The maximum absolute atomic E-state index is 13.3. The first-order chi connectivity index (χ1) is 12.4. The summed E-state index contributed by atoms with van der Waals surface area (Å²) in [5, 5.41) is 16.3. The molecule has 1 amide bonds. The van der Waals surface area contributed by atoms with Crippen LogP contribution in [0.2, 0.25) is 5.02 Å². The molecule has 0 bridgehead atoms. The third kappa shape index (κ3) is 3.68. The average molecular weight is 381 g/mol. The van der Waals surface area contributed by atoms with Crippen molar-refractivity contribution in [2.24, 2.45) is 13.0 Å². The number of aliphatic hydroxyl groups excluding tert-OH is 1. The van der Waals surface area contributed by atoms with Crippen LogP contribution in [-0.4, -0.2) is 27.4 Å². The molecule has 1 heterocycles. The number of amides is 1. The molecule has 4 N–H and O–H groups in total. The van der Waals surface area contributed by atoms with Crippen molar-refractivity contribution in [3.63, 3.8) is 0 Å². The highest BCUT2D eigenvalue weighted by atomic mass is 35.5. The summed E-state index contributed by atoms with van der Waals surface area (Å²) in [5.74, 6) is -0.0880.